The van der Waals surface area contributed by atoms with Crippen molar-refractivity contribution in [2.24, 2.45) is 0 Å². The maximum Gasteiger partial charge on any atom is 0.220 e. The van der Waals surface area contributed by atoms with Crippen LogP contribution in [0.2, 0.25) is 0 Å². The van der Waals surface area contributed by atoms with Gasteiger partial charge < -0.3 is 15.5 Å². The van der Waals surface area contributed by atoms with E-state index in [0.29, 0.717) is 12.8 Å². The Morgan fingerprint density at radius 3 is 1.12 bits per heavy atom. The number of nitrogens with one attached hydrogen (secondary N) is 1. The number of ketones is 1. The van der Waals surface area contributed by atoms with Gasteiger partial charge in [-0.25, -0.2) is 0 Å². The van der Waals surface area contributed by atoms with Crippen LogP contribution in [0.15, 0.2) is 0 Å². The molecule has 0 fully saturated rings. The molecule has 1 amide bonds. The van der Waals surface area contributed by atoms with Crippen molar-refractivity contribution in [3.8, 4) is 0 Å². The second kappa shape index (κ2) is 31.0. The van der Waals surface area contributed by atoms with Crippen LogP contribution >= 0.6 is 0 Å². The smallest absolute Gasteiger partial charge is 0.220 e. The number of carbonyl (C=O) groups excluding carboxylic acids is 2. The molecule has 0 saturated carbocycles. The first-order chi connectivity index (χ1) is 19.6. The summed E-state index contributed by atoms with van der Waals surface area (Å²) >= 11 is 0. The molecule has 0 radical (unpaired) electrons. The van der Waals surface area contributed by atoms with E-state index < -0.39 is 18.8 Å². The maximum atomic E-state index is 12.4. The molecule has 0 aliphatic heterocycles. The molecular weight excluding hydrogens is 498 g/mol. The van der Waals surface area contributed by atoms with Crippen LogP contribution in [0.4, 0.5) is 0 Å². The first-order valence-corrected chi connectivity index (χ1v) is 17.7. The Morgan fingerprint density at radius 2 is 0.800 bits per heavy atom. The highest BCUT2D eigenvalue weighted by Gasteiger charge is 2.26. The molecule has 0 rings (SSSR count). The van der Waals surface area contributed by atoms with Crippen LogP contribution in [0.25, 0.3) is 0 Å². The molecule has 238 valence electrons. The molecule has 0 spiro atoms. The van der Waals surface area contributed by atoms with Crippen LogP contribution in [0.5, 0.6) is 0 Å². The molecule has 0 heterocycles. The highest BCUT2D eigenvalue weighted by Crippen LogP contribution is 2.15. The van der Waals surface area contributed by atoms with Crippen molar-refractivity contribution >= 4 is 11.7 Å². The zero-order chi connectivity index (χ0) is 29.5. The van der Waals surface area contributed by atoms with E-state index in [4.69, 9.17) is 0 Å². The number of rotatable bonds is 32. The van der Waals surface area contributed by atoms with Crippen molar-refractivity contribution in [1.29, 1.82) is 0 Å². The molecule has 40 heavy (non-hydrogen) atoms. The van der Waals surface area contributed by atoms with Crippen molar-refractivity contribution in [3.63, 3.8) is 0 Å². The predicted octanol–water partition coefficient (Wildman–Crippen LogP) is 9.36. The zero-order valence-electron chi connectivity index (χ0n) is 26.9. The van der Waals surface area contributed by atoms with Crippen LogP contribution < -0.4 is 5.32 Å². The van der Waals surface area contributed by atoms with E-state index in [9.17, 15) is 19.8 Å². The fourth-order valence-electron chi connectivity index (χ4n) is 5.50. The number of aliphatic hydroxyl groups excluding tert-OH is 2. The fraction of sp³-hybridized carbons (Fsp3) is 0.943. The van der Waals surface area contributed by atoms with E-state index >= 15 is 0 Å². The Hall–Kier alpha value is -0.940. The van der Waals surface area contributed by atoms with Gasteiger partial charge in [-0.05, 0) is 12.8 Å². The molecule has 3 N–H and O–H groups in total. The van der Waals surface area contributed by atoms with Crippen LogP contribution in [0.1, 0.15) is 194 Å². The summed E-state index contributed by atoms with van der Waals surface area (Å²) in [5.41, 5.74) is 0. The molecule has 2 unspecified atom stereocenters. The third-order valence-corrected chi connectivity index (χ3v) is 8.29. The summed E-state index contributed by atoms with van der Waals surface area (Å²) in [6.45, 7) is 4.09. The molecule has 0 aromatic heterocycles. The van der Waals surface area contributed by atoms with E-state index in [0.717, 1.165) is 38.5 Å². The lowest BCUT2D eigenvalue weighted by molar-refractivity contribution is -0.131. The van der Waals surface area contributed by atoms with E-state index in [1.807, 2.05) is 0 Å². The number of Topliss-reactive ketones (excluding diaryl/α,β-unsaturated/α-hetero) is 1. The maximum absolute atomic E-state index is 12.4. The van der Waals surface area contributed by atoms with E-state index in [1.54, 1.807) is 0 Å². The normalized spacial score (nSPS) is 12.9. The third kappa shape index (κ3) is 26.0. The number of aliphatic hydroxyl groups is 2. The Balaban J connectivity index is 3.69. The first kappa shape index (κ1) is 39.1. The second-order valence-corrected chi connectivity index (χ2v) is 12.3. The van der Waals surface area contributed by atoms with E-state index in [1.165, 1.54) is 128 Å². The first-order valence-electron chi connectivity index (χ1n) is 17.7. The largest absolute Gasteiger partial charge is 0.394 e. The minimum absolute atomic E-state index is 0.185. The molecule has 0 saturated heterocycles. The molecule has 0 aromatic rings. The summed E-state index contributed by atoms with van der Waals surface area (Å²) in [6, 6.07) is -0.899. The van der Waals surface area contributed by atoms with Gasteiger partial charge in [0.25, 0.3) is 0 Å². The van der Waals surface area contributed by atoms with Crippen molar-refractivity contribution in [2.45, 2.75) is 206 Å². The van der Waals surface area contributed by atoms with E-state index in [-0.39, 0.29) is 11.7 Å². The summed E-state index contributed by atoms with van der Waals surface area (Å²) in [6.07, 6.45) is 31.9. The topological polar surface area (TPSA) is 86.6 Å². The lowest BCUT2D eigenvalue weighted by atomic mass is 10.0. The average Bonchev–Trinajstić information content (AvgIpc) is 2.96. The molecule has 5 heteroatoms. The molecular formula is C35H69NO4. The number of unbranched alkanes of at least 4 members (excludes halogenated alkanes) is 24. The van der Waals surface area contributed by atoms with Gasteiger partial charge in [-0.1, -0.05) is 168 Å². The highest BCUT2D eigenvalue weighted by molar-refractivity contribution is 5.85. The summed E-state index contributed by atoms with van der Waals surface area (Å²) in [5, 5.41) is 22.7. The Labute approximate surface area is 249 Å². The van der Waals surface area contributed by atoms with Crippen LogP contribution in [-0.2, 0) is 9.59 Å². The van der Waals surface area contributed by atoms with Crippen molar-refractivity contribution in [3.05, 3.63) is 0 Å². The van der Waals surface area contributed by atoms with Gasteiger partial charge in [0.1, 0.15) is 6.10 Å². The fourth-order valence-corrected chi connectivity index (χ4v) is 5.50. The minimum atomic E-state index is -1.32. The monoisotopic (exact) mass is 568 g/mol. The summed E-state index contributed by atoms with van der Waals surface area (Å²) in [7, 11) is 0. The SMILES string of the molecule is CCCCCCCCCCCCCCCC(=O)NC(CO)C(O)C(=O)CCCCCCCCCCCCCCC. The summed E-state index contributed by atoms with van der Waals surface area (Å²) < 4.78 is 0. The Bertz CT molecular complexity index is 554. The van der Waals surface area contributed by atoms with Gasteiger partial charge in [-0.15, -0.1) is 0 Å². The lowest BCUT2D eigenvalue weighted by Gasteiger charge is -2.21. The average molecular weight is 568 g/mol. The van der Waals surface area contributed by atoms with Gasteiger partial charge in [0.05, 0.1) is 12.6 Å². The van der Waals surface area contributed by atoms with Crippen LogP contribution in [0.3, 0.4) is 0 Å². The summed E-state index contributed by atoms with van der Waals surface area (Å²) in [4.78, 5) is 24.7. The number of amides is 1. The van der Waals surface area contributed by atoms with Crippen LogP contribution in [0, 0.1) is 0 Å². The number of hydrogen-bond donors (Lipinski definition) is 3. The molecule has 5 nitrogen and oxygen atoms in total. The minimum Gasteiger partial charge on any atom is -0.394 e. The molecule has 0 aromatic carbocycles. The quantitative estimate of drug-likeness (QED) is 0.0707. The molecule has 0 aliphatic rings. The summed E-state index contributed by atoms with van der Waals surface area (Å²) in [5.74, 6) is -0.460. The van der Waals surface area contributed by atoms with Gasteiger partial charge in [-0.3, -0.25) is 9.59 Å². The molecule has 2 atom stereocenters. The second-order valence-electron chi connectivity index (χ2n) is 12.3. The lowest BCUT2D eigenvalue weighted by Crippen LogP contribution is -2.49. The van der Waals surface area contributed by atoms with Gasteiger partial charge in [0, 0.05) is 12.8 Å². The van der Waals surface area contributed by atoms with Crippen molar-refractivity contribution < 1.29 is 19.8 Å². The van der Waals surface area contributed by atoms with Gasteiger partial charge in [0.2, 0.25) is 5.91 Å². The van der Waals surface area contributed by atoms with E-state index in [2.05, 4.69) is 19.2 Å². The predicted molar refractivity (Wildman–Crippen MR) is 171 cm³/mol. The molecule has 0 aliphatic carbocycles. The number of hydrogen-bond acceptors (Lipinski definition) is 4. The van der Waals surface area contributed by atoms with Gasteiger partial charge in [-0.2, -0.15) is 0 Å². The van der Waals surface area contributed by atoms with Crippen molar-refractivity contribution in [1.82, 2.24) is 5.32 Å². The number of carbonyl (C=O) groups is 2. The third-order valence-electron chi connectivity index (χ3n) is 8.29. The molecule has 0 bridgehead atoms. The van der Waals surface area contributed by atoms with Crippen molar-refractivity contribution in [2.75, 3.05) is 6.61 Å². The highest BCUT2D eigenvalue weighted by atomic mass is 16.3. The van der Waals surface area contributed by atoms with Crippen LogP contribution in [-0.4, -0.2) is 40.7 Å². The van der Waals surface area contributed by atoms with Gasteiger partial charge >= 0.3 is 0 Å². The standard InChI is InChI=1S/C35H69NO4/c1-3-5-7-9-11-13-15-17-19-21-23-25-27-29-33(38)35(40)32(31-37)36-34(39)30-28-26-24-22-20-18-16-14-12-10-8-6-4-2/h32,35,37,40H,3-31H2,1-2H3,(H,36,39). The zero-order valence-corrected chi connectivity index (χ0v) is 26.9. The Kier molecular flexibility index (Phi) is 30.3. The Morgan fingerprint density at radius 1 is 0.500 bits per heavy atom. The van der Waals surface area contributed by atoms with Gasteiger partial charge in [0.15, 0.2) is 5.78 Å².